The van der Waals surface area contributed by atoms with Crippen LogP contribution in [0.2, 0.25) is 0 Å². The molecule has 1 aromatic rings. The number of rotatable bonds is 3. The molecule has 1 aromatic carbocycles. The average molecular weight is 314 g/mol. The standard InChI is InChI=1S/C10H11BrF3NO2/c1-16-6-3-5(9(15)10(12,13)14)4-7(17-2)8(6)11/h3-4,9H,15H2,1-2H3/t9-/m1/s1. The maximum Gasteiger partial charge on any atom is 0.407 e. The van der Waals surface area contributed by atoms with Gasteiger partial charge in [-0.3, -0.25) is 0 Å². The number of ether oxygens (including phenoxy) is 2. The number of halogens is 4. The fourth-order valence-electron chi connectivity index (χ4n) is 1.26. The Morgan fingerprint density at radius 3 is 1.88 bits per heavy atom. The predicted octanol–water partition coefficient (Wildman–Crippen LogP) is 3.03. The third-order valence-electron chi connectivity index (χ3n) is 2.18. The summed E-state index contributed by atoms with van der Waals surface area (Å²) in [6.45, 7) is 0. The fraction of sp³-hybridized carbons (Fsp3) is 0.400. The normalized spacial score (nSPS) is 13.4. The molecule has 0 saturated heterocycles. The van der Waals surface area contributed by atoms with E-state index in [1.807, 2.05) is 0 Å². The number of benzene rings is 1. The molecule has 0 saturated carbocycles. The number of hydrogen-bond acceptors (Lipinski definition) is 3. The maximum atomic E-state index is 12.5. The number of methoxy groups -OCH3 is 2. The van der Waals surface area contributed by atoms with Gasteiger partial charge in [0.05, 0.1) is 14.2 Å². The van der Waals surface area contributed by atoms with E-state index in [0.29, 0.717) is 4.47 Å². The molecule has 0 bridgehead atoms. The van der Waals surface area contributed by atoms with Crippen LogP contribution in [0.3, 0.4) is 0 Å². The summed E-state index contributed by atoms with van der Waals surface area (Å²) < 4.78 is 47.8. The molecule has 17 heavy (non-hydrogen) atoms. The largest absolute Gasteiger partial charge is 0.495 e. The van der Waals surface area contributed by atoms with E-state index >= 15 is 0 Å². The maximum absolute atomic E-state index is 12.5. The van der Waals surface area contributed by atoms with Gasteiger partial charge in [0.2, 0.25) is 0 Å². The predicted molar refractivity (Wildman–Crippen MR) is 60.2 cm³/mol. The highest BCUT2D eigenvalue weighted by atomic mass is 79.9. The molecule has 96 valence electrons. The van der Waals surface area contributed by atoms with Gasteiger partial charge in [-0.15, -0.1) is 0 Å². The van der Waals surface area contributed by atoms with Gasteiger partial charge in [0.15, 0.2) is 0 Å². The molecule has 0 spiro atoms. The summed E-state index contributed by atoms with van der Waals surface area (Å²) in [5.41, 5.74) is 5.00. The zero-order valence-electron chi connectivity index (χ0n) is 9.14. The summed E-state index contributed by atoms with van der Waals surface area (Å²) in [6, 6.07) is 0.383. The van der Waals surface area contributed by atoms with Gasteiger partial charge in [-0.05, 0) is 33.6 Å². The molecule has 3 nitrogen and oxygen atoms in total. The van der Waals surface area contributed by atoms with Crippen molar-refractivity contribution >= 4 is 15.9 Å². The zero-order valence-corrected chi connectivity index (χ0v) is 10.7. The van der Waals surface area contributed by atoms with Crippen LogP contribution in [0, 0.1) is 0 Å². The molecular formula is C10H11BrF3NO2. The molecule has 0 heterocycles. The van der Waals surface area contributed by atoms with Crippen LogP contribution < -0.4 is 15.2 Å². The van der Waals surface area contributed by atoms with Crippen molar-refractivity contribution in [2.24, 2.45) is 5.73 Å². The van der Waals surface area contributed by atoms with Crippen molar-refractivity contribution in [2.45, 2.75) is 12.2 Å². The van der Waals surface area contributed by atoms with Crippen molar-refractivity contribution in [3.63, 3.8) is 0 Å². The number of nitrogens with two attached hydrogens (primary N) is 1. The van der Waals surface area contributed by atoms with Crippen molar-refractivity contribution in [3.8, 4) is 11.5 Å². The van der Waals surface area contributed by atoms with Crippen molar-refractivity contribution < 1.29 is 22.6 Å². The lowest BCUT2D eigenvalue weighted by atomic mass is 10.1. The van der Waals surface area contributed by atoms with Gasteiger partial charge in [-0.25, -0.2) is 0 Å². The summed E-state index contributed by atoms with van der Waals surface area (Å²) in [7, 11) is 2.70. The summed E-state index contributed by atoms with van der Waals surface area (Å²) in [6.07, 6.45) is -4.51. The topological polar surface area (TPSA) is 44.5 Å². The first-order chi connectivity index (χ1) is 7.81. The second-order valence-corrected chi connectivity index (χ2v) is 4.05. The van der Waals surface area contributed by atoms with Gasteiger partial charge in [0.25, 0.3) is 0 Å². The molecule has 1 atom stereocenters. The average Bonchev–Trinajstić information content (AvgIpc) is 2.27. The van der Waals surface area contributed by atoms with Crippen molar-refractivity contribution in [2.75, 3.05) is 14.2 Å². The highest BCUT2D eigenvalue weighted by Crippen LogP contribution is 2.40. The summed E-state index contributed by atoms with van der Waals surface area (Å²) in [4.78, 5) is 0. The number of alkyl halides is 3. The second kappa shape index (κ2) is 5.14. The summed E-state index contributed by atoms with van der Waals surface area (Å²) in [5, 5.41) is 0. The number of hydrogen-bond donors (Lipinski definition) is 1. The van der Waals surface area contributed by atoms with Crippen LogP contribution in [0.25, 0.3) is 0 Å². The van der Waals surface area contributed by atoms with Gasteiger partial charge >= 0.3 is 6.18 Å². The van der Waals surface area contributed by atoms with Crippen LogP contribution in [-0.4, -0.2) is 20.4 Å². The Labute approximate surface area is 105 Å². The molecule has 0 aliphatic heterocycles. The van der Waals surface area contributed by atoms with Crippen LogP contribution >= 0.6 is 15.9 Å². The van der Waals surface area contributed by atoms with E-state index in [1.54, 1.807) is 0 Å². The molecule has 1 rings (SSSR count). The van der Waals surface area contributed by atoms with Crippen molar-refractivity contribution in [1.29, 1.82) is 0 Å². The zero-order chi connectivity index (χ0) is 13.2. The molecule has 0 amide bonds. The first kappa shape index (κ1) is 14.1. The molecule has 7 heteroatoms. The van der Waals surface area contributed by atoms with E-state index in [0.717, 1.165) is 0 Å². The summed E-state index contributed by atoms with van der Waals surface area (Å²) in [5.74, 6) is 0.470. The van der Waals surface area contributed by atoms with Gasteiger partial charge in [0, 0.05) is 0 Å². The minimum atomic E-state index is -4.51. The Morgan fingerprint density at radius 2 is 1.59 bits per heavy atom. The van der Waals surface area contributed by atoms with Crippen molar-refractivity contribution in [3.05, 3.63) is 22.2 Å². The lowest BCUT2D eigenvalue weighted by molar-refractivity contribution is -0.149. The minimum Gasteiger partial charge on any atom is -0.495 e. The van der Waals surface area contributed by atoms with Crippen LogP contribution in [0.5, 0.6) is 11.5 Å². The molecule has 0 aliphatic rings. The molecule has 2 N–H and O–H groups in total. The van der Waals surface area contributed by atoms with Crippen LogP contribution in [-0.2, 0) is 0 Å². The Morgan fingerprint density at radius 1 is 1.18 bits per heavy atom. The van der Waals surface area contributed by atoms with Crippen LogP contribution in [0.4, 0.5) is 13.2 Å². The Hall–Kier alpha value is -0.950. The molecule has 0 radical (unpaired) electrons. The second-order valence-electron chi connectivity index (χ2n) is 3.26. The van der Waals surface area contributed by atoms with E-state index in [4.69, 9.17) is 15.2 Å². The first-order valence-corrected chi connectivity index (χ1v) is 5.34. The van der Waals surface area contributed by atoms with Crippen molar-refractivity contribution in [1.82, 2.24) is 0 Å². The Balaban J connectivity index is 3.27. The van der Waals surface area contributed by atoms with E-state index < -0.39 is 12.2 Å². The van der Waals surface area contributed by atoms with Gasteiger partial charge in [-0.2, -0.15) is 13.2 Å². The van der Waals surface area contributed by atoms with Gasteiger partial charge in [0.1, 0.15) is 22.0 Å². The van der Waals surface area contributed by atoms with Gasteiger partial charge in [-0.1, -0.05) is 0 Å². The minimum absolute atomic E-state index is 0.116. The summed E-state index contributed by atoms with van der Waals surface area (Å²) >= 11 is 3.16. The third-order valence-corrected chi connectivity index (χ3v) is 2.96. The molecule has 0 fully saturated rings. The monoisotopic (exact) mass is 313 g/mol. The van der Waals surface area contributed by atoms with E-state index in [1.165, 1.54) is 26.4 Å². The van der Waals surface area contributed by atoms with E-state index in [-0.39, 0.29) is 17.1 Å². The molecule has 0 aliphatic carbocycles. The Bertz CT molecular complexity index is 384. The molecular weight excluding hydrogens is 303 g/mol. The third kappa shape index (κ3) is 3.04. The van der Waals surface area contributed by atoms with Crippen LogP contribution in [0.15, 0.2) is 16.6 Å². The molecule has 0 unspecified atom stereocenters. The van der Waals surface area contributed by atoms with E-state index in [2.05, 4.69) is 15.9 Å². The Kier molecular flexibility index (Phi) is 4.26. The highest BCUT2D eigenvalue weighted by Gasteiger charge is 2.38. The smallest absolute Gasteiger partial charge is 0.407 e. The lowest BCUT2D eigenvalue weighted by Crippen LogP contribution is -2.28. The SMILES string of the molecule is COc1cc([C@@H](N)C(F)(F)F)cc(OC)c1Br. The van der Waals surface area contributed by atoms with E-state index in [9.17, 15) is 13.2 Å². The molecule has 0 aromatic heterocycles. The van der Waals surface area contributed by atoms with Crippen LogP contribution in [0.1, 0.15) is 11.6 Å². The van der Waals surface area contributed by atoms with Gasteiger partial charge < -0.3 is 15.2 Å². The lowest BCUT2D eigenvalue weighted by Gasteiger charge is -2.18. The fourth-order valence-corrected chi connectivity index (χ4v) is 1.81. The first-order valence-electron chi connectivity index (χ1n) is 4.55. The highest BCUT2D eigenvalue weighted by molar-refractivity contribution is 9.10. The quantitative estimate of drug-likeness (QED) is 0.933.